The lowest BCUT2D eigenvalue weighted by Gasteiger charge is -2.34. The van der Waals surface area contributed by atoms with Crippen LogP contribution in [-0.2, 0) is 23.4 Å². The molecule has 2 heterocycles. The quantitative estimate of drug-likeness (QED) is 0.241. The molecular formula is C26H31FN3O9P. The number of aromatic amines is 1. The standard InChI is InChI=1S/C26H31FN3O9P/c1-16(2)38-22(32)17(3)29-40(35,39-20-11-7-9-18-8-5-6-10-19(18)20)37-15-26(34)14-36-23(25(26,4)27)30-13-12-21(31)28-24(30)33/h5-13,16-17,23,34H,14-15H2,1-4H3,(H,29,35)(H,28,31,33). The monoisotopic (exact) mass is 579 g/mol. The van der Waals surface area contributed by atoms with Gasteiger partial charge in [-0.2, -0.15) is 5.09 Å². The molecule has 12 nitrogen and oxygen atoms in total. The van der Waals surface area contributed by atoms with Crippen molar-refractivity contribution < 1.29 is 37.4 Å². The number of aliphatic hydroxyl groups is 1. The predicted molar refractivity (Wildman–Crippen MR) is 143 cm³/mol. The molecule has 3 aromatic rings. The fourth-order valence-corrected chi connectivity index (χ4v) is 5.75. The van der Waals surface area contributed by atoms with Gasteiger partial charge in [-0.05, 0) is 39.1 Å². The summed E-state index contributed by atoms with van der Waals surface area (Å²) in [6, 6.07) is 12.0. The third-order valence-corrected chi connectivity index (χ3v) is 8.07. The maximum absolute atomic E-state index is 16.1. The number of fused-ring (bicyclic) bond motifs is 1. The molecule has 216 valence electrons. The number of halogens is 1. The summed E-state index contributed by atoms with van der Waals surface area (Å²) in [4.78, 5) is 38.1. The van der Waals surface area contributed by atoms with E-state index in [0.717, 1.165) is 29.1 Å². The highest BCUT2D eigenvalue weighted by molar-refractivity contribution is 7.52. The first kappa shape index (κ1) is 29.6. The summed E-state index contributed by atoms with van der Waals surface area (Å²) in [5, 5.41) is 15.1. The van der Waals surface area contributed by atoms with E-state index in [1.54, 1.807) is 38.1 Å². The smallest absolute Gasteiger partial charge is 0.459 e. The van der Waals surface area contributed by atoms with E-state index < -0.39 is 67.8 Å². The van der Waals surface area contributed by atoms with Gasteiger partial charge < -0.3 is 19.1 Å². The van der Waals surface area contributed by atoms with Gasteiger partial charge in [0.15, 0.2) is 11.9 Å². The van der Waals surface area contributed by atoms with E-state index in [1.165, 1.54) is 6.92 Å². The van der Waals surface area contributed by atoms with Crippen LogP contribution in [0.5, 0.6) is 5.75 Å². The number of rotatable bonds is 10. The SMILES string of the molecule is CC(C)OC(=O)C(C)NP(=O)(OCC1(O)COC(n2ccc(=O)[nH]c2=O)C1(C)F)Oc1cccc2ccccc12. The van der Waals surface area contributed by atoms with E-state index in [9.17, 15) is 24.1 Å². The third-order valence-electron chi connectivity index (χ3n) is 6.46. The van der Waals surface area contributed by atoms with Gasteiger partial charge in [0, 0.05) is 17.6 Å². The Hall–Kier alpha value is -3.35. The van der Waals surface area contributed by atoms with Crippen LogP contribution >= 0.6 is 7.75 Å². The van der Waals surface area contributed by atoms with Gasteiger partial charge in [0.1, 0.15) is 17.4 Å². The van der Waals surface area contributed by atoms with E-state index in [4.69, 9.17) is 18.5 Å². The summed E-state index contributed by atoms with van der Waals surface area (Å²) in [5.41, 5.74) is -6.73. The zero-order valence-electron chi connectivity index (χ0n) is 22.3. The van der Waals surface area contributed by atoms with Crippen LogP contribution in [-0.4, -0.2) is 57.3 Å². The van der Waals surface area contributed by atoms with Crippen LogP contribution in [0.3, 0.4) is 0 Å². The van der Waals surface area contributed by atoms with Crippen molar-refractivity contribution >= 4 is 24.5 Å². The second-order valence-corrected chi connectivity index (χ2v) is 11.7. The number of esters is 1. The highest BCUT2D eigenvalue weighted by Gasteiger charge is 2.61. The van der Waals surface area contributed by atoms with E-state index in [1.807, 2.05) is 23.2 Å². The first-order valence-electron chi connectivity index (χ1n) is 12.5. The van der Waals surface area contributed by atoms with Gasteiger partial charge in [-0.25, -0.2) is 13.8 Å². The van der Waals surface area contributed by atoms with Gasteiger partial charge in [-0.3, -0.25) is 23.7 Å². The van der Waals surface area contributed by atoms with E-state index in [0.29, 0.717) is 5.39 Å². The molecule has 0 radical (unpaired) electrons. The number of carbonyl (C=O) groups is 1. The normalized spacial score (nSPS) is 25.0. The Labute approximate surface area is 228 Å². The molecule has 40 heavy (non-hydrogen) atoms. The molecule has 4 rings (SSSR count). The lowest BCUT2D eigenvalue weighted by molar-refractivity contribution is -0.149. The minimum atomic E-state index is -4.51. The topological polar surface area (TPSA) is 158 Å². The van der Waals surface area contributed by atoms with E-state index in [2.05, 4.69) is 5.09 Å². The number of alkyl halides is 1. The molecule has 3 N–H and O–H groups in total. The van der Waals surface area contributed by atoms with Crippen molar-refractivity contribution in [3.05, 3.63) is 75.6 Å². The van der Waals surface area contributed by atoms with Crippen LogP contribution in [0.1, 0.15) is 33.9 Å². The van der Waals surface area contributed by atoms with Crippen molar-refractivity contribution in [1.82, 2.24) is 14.6 Å². The first-order chi connectivity index (χ1) is 18.7. The molecule has 1 saturated heterocycles. The molecule has 0 saturated carbocycles. The van der Waals surface area contributed by atoms with Crippen molar-refractivity contribution in [1.29, 1.82) is 0 Å². The van der Waals surface area contributed by atoms with Crippen molar-refractivity contribution in [2.24, 2.45) is 0 Å². The minimum Gasteiger partial charge on any atom is -0.462 e. The molecule has 5 unspecified atom stereocenters. The van der Waals surface area contributed by atoms with Crippen LogP contribution < -0.4 is 20.9 Å². The van der Waals surface area contributed by atoms with Gasteiger partial charge in [0.25, 0.3) is 5.56 Å². The Balaban J connectivity index is 1.62. The molecule has 5 atom stereocenters. The average Bonchev–Trinajstić information content (AvgIpc) is 3.11. The summed E-state index contributed by atoms with van der Waals surface area (Å²) in [7, 11) is -4.51. The fourth-order valence-electron chi connectivity index (χ4n) is 4.19. The molecule has 2 aromatic carbocycles. The number of carbonyl (C=O) groups excluding carboxylic acids is 1. The average molecular weight is 580 g/mol. The maximum atomic E-state index is 16.1. The zero-order valence-corrected chi connectivity index (χ0v) is 23.2. The fraction of sp³-hybridized carbons (Fsp3) is 0.423. The second-order valence-electron chi connectivity index (χ2n) is 9.96. The minimum absolute atomic E-state index is 0.147. The summed E-state index contributed by atoms with van der Waals surface area (Å²) >= 11 is 0. The van der Waals surface area contributed by atoms with Gasteiger partial charge in [-0.1, -0.05) is 36.4 Å². The number of hydrogen-bond donors (Lipinski definition) is 3. The molecule has 0 amide bonds. The van der Waals surface area contributed by atoms with Crippen LogP contribution in [0.4, 0.5) is 4.39 Å². The van der Waals surface area contributed by atoms with Crippen LogP contribution in [0.2, 0.25) is 0 Å². The molecule has 1 aromatic heterocycles. The predicted octanol–water partition coefficient (Wildman–Crippen LogP) is 2.81. The number of hydrogen-bond acceptors (Lipinski definition) is 9. The lowest BCUT2D eigenvalue weighted by Crippen LogP contribution is -2.54. The maximum Gasteiger partial charge on any atom is 0.459 e. The molecule has 14 heteroatoms. The molecule has 1 aliphatic rings. The molecule has 1 aliphatic heterocycles. The molecular weight excluding hydrogens is 548 g/mol. The zero-order chi connectivity index (χ0) is 29.3. The van der Waals surface area contributed by atoms with Gasteiger partial charge >= 0.3 is 19.4 Å². The molecule has 0 aliphatic carbocycles. The largest absolute Gasteiger partial charge is 0.462 e. The number of nitrogens with zero attached hydrogens (tertiary/aromatic N) is 1. The van der Waals surface area contributed by atoms with Crippen molar-refractivity contribution in [2.75, 3.05) is 13.2 Å². The third kappa shape index (κ3) is 6.03. The second kappa shape index (κ2) is 11.3. The Morgan fingerprint density at radius 2 is 1.93 bits per heavy atom. The van der Waals surface area contributed by atoms with Crippen molar-refractivity contribution in [3.63, 3.8) is 0 Å². The number of ether oxygens (including phenoxy) is 2. The van der Waals surface area contributed by atoms with Gasteiger partial charge in [-0.15, -0.1) is 0 Å². The Bertz CT molecular complexity index is 1550. The first-order valence-corrected chi connectivity index (χ1v) is 14.0. The van der Waals surface area contributed by atoms with Crippen LogP contribution in [0, 0.1) is 0 Å². The van der Waals surface area contributed by atoms with Crippen molar-refractivity contribution in [3.8, 4) is 5.75 Å². The highest BCUT2D eigenvalue weighted by Crippen LogP contribution is 2.50. The summed E-state index contributed by atoms with van der Waals surface area (Å²) in [5.74, 6) is -0.593. The summed E-state index contributed by atoms with van der Waals surface area (Å²) < 4.78 is 52.9. The number of aromatic nitrogens is 2. The molecule has 1 fully saturated rings. The van der Waals surface area contributed by atoms with E-state index in [-0.39, 0.29) is 5.75 Å². The molecule has 0 bridgehead atoms. The lowest BCUT2D eigenvalue weighted by atomic mass is 9.88. The number of benzene rings is 2. The van der Waals surface area contributed by atoms with Crippen LogP contribution in [0.15, 0.2) is 64.3 Å². The Morgan fingerprint density at radius 3 is 2.62 bits per heavy atom. The summed E-state index contributed by atoms with van der Waals surface area (Å²) in [6.07, 6.45) is -1.06. The Morgan fingerprint density at radius 1 is 1.23 bits per heavy atom. The highest BCUT2D eigenvalue weighted by atomic mass is 31.2. The van der Waals surface area contributed by atoms with Crippen molar-refractivity contribution in [2.45, 2.75) is 57.3 Å². The number of nitrogens with one attached hydrogen (secondary N) is 2. The van der Waals surface area contributed by atoms with Gasteiger partial charge in [0.2, 0.25) is 0 Å². The Kier molecular flexibility index (Phi) is 8.34. The van der Waals surface area contributed by atoms with Gasteiger partial charge in [0.05, 0.1) is 19.3 Å². The number of H-pyrrole nitrogens is 1. The van der Waals surface area contributed by atoms with Crippen LogP contribution in [0.25, 0.3) is 10.8 Å². The van der Waals surface area contributed by atoms with E-state index >= 15 is 4.39 Å². The summed E-state index contributed by atoms with van der Waals surface area (Å²) in [6.45, 7) is 4.09. The molecule has 0 spiro atoms.